The van der Waals surface area contributed by atoms with Gasteiger partial charge in [0, 0.05) is 24.1 Å². The predicted molar refractivity (Wildman–Crippen MR) is 88.9 cm³/mol. The molecule has 1 N–H and O–H groups in total. The summed E-state index contributed by atoms with van der Waals surface area (Å²) in [5.74, 6) is 0. The van der Waals surface area contributed by atoms with Gasteiger partial charge in [-0.3, -0.25) is 0 Å². The van der Waals surface area contributed by atoms with E-state index in [1.807, 2.05) is 26.0 Å². The molecule has 0 amide bonds. The normalized spacial score (nSPS) is 17.1. The summed E-state index contributed by atoms with van der Waals surface area (Å²) in [5, 5.41) is 3.24. The molecule has 0 spiro atoms. The lowest BCUT2D eigenvalue weighted by atomic mass is 10.1. The standard InChI is InChI=1S/C15H23BrN2O2S/c1-3-17-11-13-9-14(16)12(2)15(10-13)21(19,20)18-7-5-4-6-8-18/h9-10,17H,3-8,11H2,1-2H3. The lowest BCUT2D eigenvalue weighted by Gasteiger charge is -2.27. The molecular formula is C15H23BrN2O2S. The van der Waals surface area contributed by atoms with Gasteiger partial charge >= 0.3 is 0 Å². The quantitative estimate of drug-likeness (QED) is 0.861. The van der Waals surface area contributed by atoms with E-state index in [4.69, 9.17) is 0 Å². The van der Waals surface area contributed by atoms with Crippen molar-refractivity contribution in [2.75, 3.05) is 19.6 Å². The summed E-state index contributed by atoms with van der Waals surface area (Å²) < 4.78 is 28.2. The van der Waals surface area contributed by atoms with Crippen molar-refractivity contribution < 1.29 is 8.42 Å². The molecule has 6 heteroatoms. The van der Waals surface area contributed by atoms with Crippen molar-refractivity contribution in [2.24, 2.45) is 0 Å². The van der Waals surface area contributed by atoms with Gasteiger partial charge in [0.15, 0.2) is 0 Å². The minimum absolute atomic E-state index is 0.437. The Morgan fingerprint density at radius 2 is 1.90 bits per heavy atom. The predicted octanol–water partition coefficient (Wildman–Crippen LogP) is 3.04. The highest BCUT2D eigenvalue weighted by molar-refractivity contribution is 9.10. The molecule has 0 unspecified atom stereocenters. The van der Waals surface area contributed by atoms with Gasteiger partial charge in [0.25, 0.3) is 0 Å². The largest absolute Gasteiger partial charge is 0.313 e. The first-order valence-corrected chi connectivity index (χ1v) is 9.70. The molecule has 1 fully saturated rings. The van der Waals surface area contributed by atoms with Crippen LogP contribution in [0.3, 0.4) is 0 Å². The zero-order valence-electron chi connectivity index (χ0n) is 12.7. The molecule has 118 valence electrons. The molecule has 4 nitrogen and oxygen atoms in total. The van der Waals surface area contributed by atoms with E-state index in [-0.39, 0.29) is 0 Å². The smallest absolute Gasteiger partial charge is 0.243 e. The van der Waals surface area contributed by atoms with E-state index in [0.29, 0.717) is 24.5 Å². The Balaban J connectivity index is 2.38. The zero-order valence-corrected chi connectivity index (χ0v) is 15.1. The lowest BCUT2D eigenvalue weighted by Crippen LogP contribution is -2.36. The Bertz CT molecular complexity index is 596. The fourth-order valence-electron chi connectivity index (χ4n) is 2.59. The summed E-state index contributed by atoms with van der Waals surface area (Å²) in [5.41, 5.74) is 1.78. The minimum Gasteiger partial charge on any atom is -0.313 e. The molecule has 0 aromatic heterocycles. The van der Waals surface area contributed by atoms with Crippen LogP contribution >= 0.6 is 15.9 Å². The van der Waals surface area contributed by atoms with Crippen LogP contribution in [0.4, 0.5) is 0 Å². The maximum Gasteiger partial charge on any atom is 0.243 e. The fourth-order valence-corrected chi connectivity index (χ4v) is 5.04. The number of nitrogens with one attached hydrogen (secondary N) is 1. The molecule has 1 heterocycles. The molecule has 1 aromatic carbocycles. The van der Waals surface area contributed by atoms with Crippen molar-refractivity contribution >= 4 is 26.0 Å². The highest BCUT2D eigenvalue weighted by Gasteiger charge is 2.28. The Morgan fingerprint density at radius 1 is 1.24 bits per heavy atom. The third kappa shape index (κ3) is 3.86. The van der Waals surface area contributed by atoms with Gasteiger partial charge in [-0.1, -0.05) is 29.3 Å². The first-order chi connectivity index (χ1) is 9.96. The third-order valence-corrected chi connectivity index (χ3v) is 6.72. The van der Waals surface area contributed by atoms with Crippen LogP contribution in [0, 0.1) is 6.92 Å². The molecular weight excluding hydrogens is 352 g/mol. The molecule has 0 atom stereocenters. The highest BCUT2D eigenvalue weighted by Crippen LogP contribution is 2.29. The lowest BCUT2D eigenvalue weighted by molar-refractivity contribution is 0.346. The van der Waals surface area contributed by atoms with E-state index >= 15 is 0 Å². The SMILES string of the molecule is CCNCc1cc(Br)c(C)c(S(=O)(=O)N2CCCCC2)c1. The van der Waals surface area contributed by atoms with E-state index in [1.165, 1.54) is 0 Å². The number of sulfonamides is 1. The molecule has 0 saturated carbocycles. The van der Waals surface area contributed by atoms with Gasteiger partial charge in [-0.15, -0.1) is 0 Å². The molecule has 1 aromatic rings. The van der Waals surface area contributed by atoms with Crippen LogP contribution in [-0.2, 0) is 16.6 Å². The maximum absolute atomic E-state index is 12.9. The second-order valence-corrected chi connectivity index (χ2v) is 8.21. The van der Waals surface area contributed by atoms with Crippen molar-refractivity contribution in [3.05, 3.63) is 27.7 Å². The number of benzene rings is 1. The van der Waals surface area contributed by atoms with E-state index in [0.717, 1.165) is 41.4 Å². The molecule has 0 bridgehead atoms. The average molecular weight is 375 g/mol. The maximum atomic E-state index is 12.9. The highest BCUT2D eigenvalue weighted by atomic mass is 79.9. The summed E-state index contributed by atoms with van der Waals surface area (Å²) in [6, 6.07) is 3.81. The van der Waals surface area contributed by atoms with Gasteiger partial charge in [0.1, 0.15) is 0 Å². The van der Waals surface area contributed by atoms with Crippen molar-refractivity contribution in [2.45, 2.75) is 44.6 Å². The number of nitrogens with zero attached hydrogens (tertiary/aromatic N) is 1. The van der Waals surface area contributed by atoms with Crippen LogP contribution in [0.1, 0.15) is 37.3 Å². The Morgan fingerprint density at radius 3 is 2.52 bits per heavy atom. The molecule has 1 aliphatic heterocycles. The Labute approximate surface area is 136 Å². The number of hydrogen-bond donors (Lipinski definition) is 1. The van der Waals surface area contributed by atoms with Crippen LogP contribution in [0.2, 0.25) is 0 Å². The van der Waals surface area contributed by atoms with Crippen LogP contribution < -0.4 is 5.32 Å². The second-order valence-electron chi connectivity index (χ2n) is 5.45. The van der Waals surface area contributed by atoms with Crippen LogP contribution in [0.5, 0.6) is 0 Å². The molecule has 2 rings (SSSR count). The number of rotatable bonds is 5. The summed E-state index contributed by atoms with van der Waals surface area (Å²) >= 11 is 3.49. The van der Waals surface area contributed by atoms with Gasteiger partial charge in [0.05, 0.1) is 4.90 Å². The van der Waals surface area contributed by atoms with Crippen LogP contribution in [0.25, 0.3) is 0 Å². The van der Waals surface area contributed by atoms with E-state index in [1.54, 1.807) is 4.31 Å². The van der Waals surface area contributed by atoms with E-state index in [9.17, 15) is 8.42 Å². The molecule has 0 radical (unpaired) electrons. The Kier molecular flexibility index (Phi) is 5.82. The monoisotopic (exact) mass is 374 g/mol. The van der Waals surface area contributed by atoms with Crippen molar-refractivity contribution in [1.29, 1.82) is 0 Å². The van der Waals surface area contributed by atoms with E-state index in [2.05, 4.69) is 21.2 Å². The minimum atomic E-state index is -3.39. The number of piperidine rings is 1. The van der Waals surface area contributed by atoms with Crippen molar-refractivity contribution in [3.63, 3.8) is 0 Å². The third-order valence-electron chi connectivity index (χ3n) is 3.87. The van der Waals surface area contributed by atoms with Crippen LogP contribution in [0.15, 0.2) is 21.5 Å². The molecule has 21 heavy (non-hydrogen) atoms. The van der Waals surface area contributed by atoms with Crippen molar-refractivity contribution in [1.82, 2.24) is 9.62 Å². The van der Waals surface area contributed by atoms with Crippen molar-refractivity contribution in [3.8, 4) is 0 Å². The van der Waals surface area contributed by atoms with Gasteiger partial charge in [-0.2, -0.15) is 4.31 Å². The molecule has 1 aliphatic rings. The van der Waals surface area contributed by atoms with Gasteiger partial charge in [-0.05, 0) is 49.6 Å². The van der Waals surface area contributed by atoms with Gasteiger partial charge in [0.2, 0.25) is 10.0 Å². The summed E-state index contributed by atoms with van der Waals surface area (Å²) in [6.45, 7) is 6.71. The van der Waals surface area contributed by atoms with Gasteiger partial charge < -0.3 is 5.32 Å². The number of halogens is 1. The summed E-state index contributed by atoms with van der Waals surface area (Å²) in [4.78, 5) is 0.437. The molecule has 0 aliphatic carbocycles. The van der Waals surface area contributed by atoms with Crippen LogP contribution in [-0.4, -0.2) is 32.4 Å². The first kappa shape index (κ1) is 16.9. The van der Waals surface area contributed by atoms with Gasteiger partial charge in [-0.25, -0.2) is 8.42 Å². The zero-order chi connectivity index (χ0) is 15.5. The fraction of sp³-hybridized carbons (Fsp3) is 0.600. The number of hydrogen-bond acceptors (Lipinski definition) is 3. The molecule has 1 saturated heterocycles. The summed E-state index contributed by atoms with van der Waals surface area (Å²) in [6.07, 6.45) is 3.03. The van der Waals surface area contributed by atoms with E-state index < -0.39 is 10.0 Å². The second kappa shape index (κ2) is 7.22. The average Bonchev–Trinajstić information content (AvgIpc) is 2.49. The Hall–Kier alpha value is -0.430. The first-order valence-electron chi connectivity index (χ1n) is 7.46. The summed E-state index contributed by atoms with van der Waals surface area (Å²) in [7, 11) is -3.39. The topological polar surface area (TPSA) is 49.4 Å².